The molecule has 0 aromatic carbocycles. The Morgan fingerprint density at radius 2 is 1.22 bits per heavy atom. The van der Waals surface area contributed by atoms with Gasteiger partial charge in [-0.1, -0.05) is 90.3 Å². The van der Waals surface area contributed by atoms with E-state index in [1.54, 1.807) is 11.8 Å². The van der Waals surface area contributed by atoms with Crippen molar-refractivity contribution in [1.82, 2.24) is 0 Å². The smallest absolute Gasteiger partial charge is 0.300 e. The molecule has 0 amide bonds. The van der Waals surface area contributed by atoms with Crippen molar-refractivity contribution in [3.8, 4) is 0 Å². The fourth-order valence-corrected chi connectivity index (χ4v) is 11.9. The van der Waals surface area contributed by atoms with E-state index >= 15 is 0 Å². The average molecular weight is 475 g/mol. The fourth-order valence-electron chi connectivity index (χ4n) is 2.72. The first-order valence-corrected chi connectivity index (χ1v) is 17.2. The van der Waals surface area contributed by atoms with Crippen LogP contribution in [0, 0.1) is 0 Å². The molecule has 0 saturated carbocycles. The molecule has 7 heteroatoms. The minimum Gasteiger partial charge on any atom is -0.300 e. The number of hydrogen-bond acceptors (Lipinski definition) is 5. The molecule has 0 aliphatic carbocycles. The minimum atomic E-state index is -2.88. The Morgan fingerprint density at radius 3 is 1.74 bits per heavy atom. The predicted molar refractivity (Wildman–Crippen MR) is 136 cm³/mol. The molecule has 0 aromatic heterocycles. The average Bonchev–Trinajstić information content (AvgIpc) is 2.59. The van der Waals surface area contributed by atoms with Gasteiger partial charge in [0.1, 0.15) is 5.44 Å². The van der Waals surface area contributed by atoms with Crippen LogP contribution in [0.25, 0.3) is 0 Å². The van der Waals surface area contributed by atoms with E-state index in [2.05, 4.69) is 33.0 Å². The molecule has 164 valence electrons. The normalized spacial score (nSPS) is 16.2. The summed E-state index contributed by atoms with van der Waals surface area (Å²) >= 11 is 9.38. The van der Waals surface area contributed by atoms with Gasteiger partial charge in [0.25, 0.3) is 0 Å². The van der Waals surface area contributed by atoms with Gasteiger partial charge in [-0.15, -0.1) is 23.5 Å². The predicted octanol–water partition coefficient (Wildman–Crippen LogP) is 9.65. The van der Waals surface area contributed by atoms with Gasteiger partial charge in [-0.05, 0) is 49.6 Å². The summed E-state index contributed by atoms with van der Waals surface area (Å²) in [5, 5.41) is 0. The lowest BCUT2D eigenvalue weighted by Crippen LogP contribution is -2.01. The van der Waals surface area contributed by atoms with E-state index in [9.17, 15) is 4.57 Å². The summed E-state index contributed by atoms with van der Waals surface area (Å²) in [5.74, 6) is -0.663. The SMILES string of the molecule is CCCCCCCCSC(C)OP(=O)(S)SC(C)SCCCCCCCC. The topological polar surface area (TPSA) is 26.3 Å². The summed E-state index contributed by atoms with van der Waals surface area (Å²) in [6.45, 7) is 8.61. The molecule has 0 aliphatic rings. The van der Waals surface area contributed by atoms with Crippen LogP contribution in [0.2, 0.25) is 0 Å². The Labute approximate surface area is 187 Å². The van der Waals surface area contributed by atoms with Crippen molar-refractivity contribution in [2.45, 2.75) is 115 Å². The molecule has 0 rings (SSSR count). The van der Waals surface area contributed by atoms with E-state index in [0.717, 1.165) is 11.5 Å². The summed E-state index contributed by atoms with van der Waals surface area (Å²) < 4.78 is 18.6. The molecule has 0 aliphatic heterocycles. The molecule has 3 unspecified atom stereocenters. The summed E-state index contributed by atoms with van der Waals surface area (Å²) in [5.41, 5.74) is -0.0489. The highest BCUT2D eigenvalue weighted by Crippen LogP contribution is 2.67. The molecular formula is C20H43O2PS4. The first kappa shape index (κ1) is 28.6. The van der Waals surface area contributed by atoms with Crippen molar-refractivity contribution in [1.29, 1.82) is 0 Å². The largest absolute Gasteiger partial charge is 0.312 e. The maximum absolute atomic E-state index is 12.6. The van der Waals surface area contributed by atoms with Gasteiger partial charge in [0.2, 0.25) is 0 Å². The Morgan fingerprint density at radius 1 is 0.778 bits per heavy atom. The first-order chi connectivity index (χ1) is 12.9. The van der Waals surface area contributed by atoms with Crippen molar-refractivity contribution in [3.05, 3.63) is 0 Å². The highest BCUT2D eigenvalue weighted by molar-refractivity contribution is 8.85. The van der Waals surface area contributed by atoms with Crippen LogP contribution < -0.4 is 0 Å². The van der Waals surface area contributed by atoms with Crippen LogP contribution in [0.5, 0.6) is 0 Å². The second-order valence-electron chi connectivity index (χ2n) is 7.09. The van der Waals surface area contributed by atoms with E-state index in [-0.39, 0.29) is 10.0 Å². The van der Waals surface area contributed by atoms with Crippen molar-refractivity contribution < 1.29 is 9.09 Å². The van der Waals surface area contributed by atoms with E-state index in [1.165, 1.54) is 88.4 Å². The van der Waals surface area contributed by atoms with Crippen LogP contribution in [0.4, 0.5) is 0 Å². The summed E-state index contributed by atoms with van der Waals surface area (Å²) in [6.07, 6.45) is 15.8. The van der Waals surface area contributed by atoms with Crippen LogP contribution in [0.3, 0.4) is 0 Å². The number of thiol groups is 1. The molecule has 0 N–H and O–H groups in total. The third-order valence-electron chi connectivity index (χ3n) is 4.26. The van der Waals surface area contributed by atoms with Gasteiger partial charge in [-0.2, -0.15) is 0 Å². The molecule has 0 fully saturated rings. The molecule has 0 radical (unpaired) electrons. The molecule has 2 nitrogen and oxygen atoms in total. The molecule has 0 spiro atoms. The zero-order valence-corrected chi connectivity index (χ0v) is 22.2. The Kier molecular flexibility index (Phi) is 20.7. The molecule has 0 heterocycles. The number of unbranched alkanes of at least 4 members (excludes halogenated alkanes) is 10. The molecule has 0 aromatic rings. The molecule has 27 heavy (non-hydrogen) atoms. The lowest BCUT2D eigenvalue weighted by atomic mass is 10.1. The summed E-state index contributed by atoms with van der Waals surface area (Å²) in [6, 6.07) is 0. The maximum atomic E-state index is 12.6. The number of thioether (sulfide) groups is 2. The van der Waals surface area contributed by atoms with E-state index in [4.69, 9.17) is 4.52 Å². The van der Waals surface area contributed by atoms with E-state index in [1.807, 2.05) is 18.7 Å². The zero-order chi connectivity index (χ0) is 20.4. The molecular weight excluding hydrogens is 431 g/mol. The lowest BCUT2D eigenvalue weighted by molar-refractivity contribution is 0.326. The van der Waals surface area contributed by atoms with Gasteiger partial charge in [0.15, 0.2) is 0 Å². The van der Waals surface area contributed by atoms with Gasteiger partial charge >= 0.3 is 5.77 Å². The van der Waals surface area contributed by atoms with Crippen molar-refractivity contribution >= 4 is 52.9 Å². The molecule has 3 atom stereocenters. The fraction of sp³-hybridized carbons (Fsp3) is 1.00. The van der Waals surface area contributed by atoms with Crippen molar-refractivity contribution in [2.75, 3.05) is 11.5 Å². The second kappa shape index (κ2) is 19.5. The zero-order valence-electron chi connectivity index (χ0n) is 18.0. The first-order valence-electron chi connectivity index (χ1n) is 10.8. The van der Waals surface area contributed by atoms with Crippen molar-refractivity contribution in [2.24, 2.45) is 0 Å². The van der Waals surface area contributed by atoms with Gasteiger partial charge in [0, 0.05) is 0 Å². The number of rotatable bonds is 20. The molecule has 0 bridgehead atoms. The number of hydrogen-bond donors (Lipinski definition) is 1. The highest BCUT2D eigenvalue weighted by Gasteiger charge is 2.25. The van der Waals surface area contributed by atoms with E-state index < -0.39 is 5.77 Å². The van der Waals surface area contributed by atoms with Gasteiger partial charge in [-0.25, -0.2) is 0 Å². The van der Waals surface area contributed by atoms with Crippen LogP contribution in [0.15, 0.2) is 0 Å². The van der Waals surface area contributed by atoms with Crippen LogP contribution in [0.1, 0.15) is 105 Å². The summed E-state index contributed by atoms with van der Waals surface area (Å²) in [4.78, 5) is 0. The van der Waals surface area contributed by atoms with Gasteiger partial charge < -0.3 is 0 Å². The molecule has 0 saturated heterocycles. The summed E-state index contributed by atoms with van der Waals surface area (Å²) in [7, 11) is 0. The standard InChI is InChI=1S/C20H43O2PS4/c1-5-7-9-11-13-15-17-25-19(3)22-23(21,24)27-20(4)26-18-16-14-12-10-8-6-2/h19-20H,5-18H2,1-4H3,(H,21,24). The Balaban J connectivity index is 3.73. The van der Waals surface area contributed by atoms with Gasteiger partial charge in [-0.3, -0.25) is 9.09 Å². The van der Waals surface area contributed by atoms with Crippen LogP contribution in [-0.4, -0.2) is 21.5 Å². The van der Waals surface area contributed by atoms with Crippen LogP contribution in [-0.2, 0) is 9.09 Å². The lowest BCUT2D eigenvalue weighted by Gasteiger charge is -2.20. The second-order valence-corrected chi connectivity index (χ2v) is 16.8. The van der Waals surface area contributed by atoms with Crippen LogP contribution >= 0.6 is 52.9 Å². The Bertz CT molecular complexity index is 342. The maximum Gasteiger partial charge on any atom is 0.312 e. The third kappa shape index (κ3) is 20.6. The van der Waals surface area contributed by atoms with E-state index in [0.29, 0.717) is 0 Å². The van der Waals surface area contributed by atoms with Gasteiger partial charge in [0.05, 0.1) is 4.58 Å². The monoisotopic (exact) mass is 474 g/mol. The highest BCUT2D eigenvalue weighted by atomic mass is 33.1. The van der Waals surface area contributed by atoms with Crippen molar-refractivity contribution in [3.63, 3.8) is 0 Å². The Hall–Kier alpha value is 1.59. The quantitative estimate of drug-likeness (QED) is 0.0820. The minimum absolute atomic E-state index is 0.0489. The third-order valence-corrected chi connectivity index (χ3v) is 11.9.